The van der Waals surface area contributed by atoms with Crippen LogP contribution in [0.4, 0.5) is 0 Å². The van der Waals surface area contributed by atoms with E-state index in [4.69, 9.17) is 0 Å². The fourth-order valence-electron chi connectivity index (χ4n) is 2.78. The fourth-order valence-corrected chi connectivity index (χ4v) is 2.78. The predicted molar refractivity (Wildman–Crippen MR) is 82.7 cm³/mol. The van der Waals surface area contributed by atoms with E-state index >= 15 is 0 Å². The second-order valence-electron chi connectivity index (χ2n) is 5.51. The first-order valence-electron chi connectivity index (χ1n) is 7.83. The summed E-state index contributed by atoms with van der Waals surface area (Å²) < 4.78 is 0. The minimum atomic E-state index is 0.332. The summed E-state index contributed by atoms with van der Waals surface area (Å²) in [6.45, 7) is 7.28. The number of benzene rings is 1. The quantitative estimate of drug-likeness (QED) is 0.824. The molecular weight excluding hydrogens is 248 g/mol. The Morgan fingerprint density at radius 1 is 1.10 bits per heavy atom. The zero-order valence-corrected chi connectivity index (χ0v) is 12.6. The van der Waals surface area contributed by atoms with E-state index in [-0.39, 0.29) is 0 Å². The Hall–Kier alpha value is -1.35. The molecule has 0 bridgehead atoms. The monoisotopic (exact) mass is 274 g/mol. The highest BCUT2D eigenvalue weighted by Crippen LogP contribution is 2.09. The van der Waals surface area contributed by atoms with E-state index in [1.165, 1.54) is 5.56 Å². The van der Waals surface area contributed by atoms with Gasteiger partial charge in [-0.2, -0.15) is 0 Å². The highest BCUT2D eigenvalue weighted by Gasteiger charge is 2.17. The van der Waals surface area contributed by atoms with Crippen LogP contribution < -0.4 is 0 Å². The van der Waals surface area contributed by atoms with Crippen molar-refractivity contribution in [2.75, 3.05) is 32.7 Å². The maximum Gasteiger partial charge on any atom is 0.222 e. The highest BCUT2D eigenvalue weighted by atomic mass is 16.2. The maximum absolute atomic E-state index is 12.2. The first kappa shape index (κ1) is 15.0. The summed E-state index contributed by atoms with van der Waals surface area (Å²) in [6, 6.07) is 10.4. The number of carbonyl (C=O) groups is 1. The van der Waals surface area contributed by atoms with Gasteiger partial charge in [-0.25, -0.2) is 0 Å². The average Bonchev–Trinajstić information content (AvgIpc) is 2.73. The van der Waals surface area contributed by atoms with Crippen LogP contribution in [0.1, 0.15) is 31.7 Å². The number of aryl methyl sites for hydroxylation is 1. The van der Waals surface area contributed by atoms with Crippen LogP contribution in [0.3, 0.4) is 0 Å². The molecule has 0 unspecified atom stereocenters. The lowest BCUT2D eigenvalue weighted by molar-refractivity contribution is -0.131. The molecule has 3 heteroatoms. The molecule has 0 atom stereocenters. The number of nitrogens with zero attached hydrogens (tertiary/aromatic N) is 2. The van der Waals surface area contributed by atoms with Gasteiger partial charge in [-0.15, -0.1) is 0 Å². The fraction of sp³-hybridized carbons (Fsp3) is 0.588. The summed E-state index contributed by atoms with van der Waals surface area (Å²) in [5, 5.41) is 0. The summed E-state index contributed by atoms with van der Waals surface area (Å²) in [5.74, 6) is 0.332. The molecular formula is C17H26N2O. The molecule has 20 heavy (non-hydrogen) atoms. The predicted octanol–water partition coefficient (Wildman–Crippen LogP) is 2.56. The number of likely N-dealkylation sites (N-methyl/N-ethyl adjacent to an activating group) is 1. The smallest absolute Gasteiger partial charge is 0.222 e. The molecule has 0 N–H and O–H groups in total. The Labute approximate surface area is 122 Å². The van der Waals surface area contributed by atoms with Gasteiger partial charge in [0.25, 0.3) is 0 Å². The molecule has 110 valence electrons. The standard InChI is InChI=1S/C17H26N2O/c1-2-18-12-7-13-19(15-14-18)17(20)11-6-10-16-8-4-3-5-9-16/h3-5,8-9H,2,6-7,10-15H2,1H3. The maximum atomic E-state index is 12.2. The molecule has 1 saturated heterocycles. The largest absolute Gasteiger partial charge is 0.341 e. The molecule has 0 aliphatic carbocycles. The lowest BCUT2D eigenvalue weighted by Crippen LogP contribution is -2.35. The van der Waals surface area contributed by atoms with Crippen molar-refractivity contribution in [2.45, 2.75) is 32.6 Å². The van der Waals surface area contributed by atoms with E-state index in [1.54, 1.807) is 0 Å². The van der Waals surface area contributed by atoms with Crippen LogP contribution in [-0.4, -0.2) is 48.4 Å². The number of carbonyl (C=O) groups excluding carboxylic acids is 1. The molecule has 0 saturated carbocycles. The van der Waals surface area contributed by atoms with Crippen molar-refractivity contribution in [1.29, 1.82) is 0 Å². The second kappa shape index (κ2) is 8.05. The van der Waals surface area contributed by atoms with E-state index in [1.807, 2.05) is 6.07 Å². The lowest BCUT2D eigenvalue weighted by atomic mass is 10.1. The number of hydrogen-bond donors (Lipinski definition) is 0. The van der Waals surface area contributed by atoms with E-state index in [0.29, 0.717) is 12.3 Å². The third-order valence-corrected chi connectivity index (χ3v) is 4.09. The van der Waals surface area contributed by atoms with Gasteiger partial charge in [0.1, 0.15) is 0 Å². The van der Waals surface area contributed by atoms with Gasteiger partial charge in [-0.1, -0.05) is 37.3 Å². The second-order valence-corrected chi connectivity index (χ2v) is 5.51. The van der Waals surface area contributed by atoms with E-state index in [0.717, 1.165) is 52.0 Å². The third-order valence-electron chi connectivity index (χ3n) is 4.09. The molecule has 1 aromatic rings. The Morgan fingerprint density at radius 3 is 2.65 bits per heavy atom. The Bertz CT molecular complexity index is 405. The van der Waals surface area contributed by atoms with Gasteiger partial charge in [0.2, 0.25) is 5.91 Å². The van der Waals surface area contributed by atoms with Gasteiger partial charge in [-0.05, 0) is 37.9 Å². The van der Waals surface area contributed by atoms with Crippen LogP contribution in [0.25, 0.3) is 0 Å². The SMILES string of the molecule is CCN1CCCN(C(=O)CCCc2ccccc2)CC1. The molecule has 1 aliphatic heterocycles. The van der Waals surface area contributed by atoms with Crippen LogP contribution in [0.15, 0.2) is 30.3 Å². The van der Waals surface area contributed by atoms with Gasteiger partial charge in [0, 0.05) is 26.1 Å². The van der Waals surface area contributed by atoms with Gasteiger partial charge in [0.05, 0.1) is 0 Å². The van der Waals surface area contributed by atoms with Crippen molar-refractivity contribution < 1.29 is 4.79 Å². The van der Waals surface area contributed by atoms with Crippen molar-refractivity contribution in [2.24, 2.45) is 0 Å². The van der Waals surface area contributed by atoms with Crippen LogP contribution in [0.2, 0.25) is 0 Å². The number of hydrogen-bond acceptors (Lipinski definition) is 2. The van der Waals surface area contributed by atoms with Gasteiger partial charge < -0.3 is 9.80 Å². The summed E-state index contributed by atoms with van der Waals surface area (Å²) >= 11 is 0. The molecule has 0 spiro atoms. The number of rotatable bonds is 5. The van der Waals surface area contributed by atoms with E-state index in [9.17, 15) is 4.79 Å². The van der Waals surface area contributed by atoms with Crippen molar-refractivity contribution in [3.05, 3.63) is 35.9 Å². The zero-order chi connectivity index (χ0) is 14.2. The molecule has 1 aromatic carbocycles. The minimum absolute atomic E-state index is 0.332. The van der Waals surface area contributed by atoms with Crippen LogP contribution in [0.5, 0.6) is 0 Å². The van der Waals surface area contributed by atoms with Crippen molar-refractivity contribution in [1.82, 2.24) is 9.80 Å². The van der Waals surface area contributed by atoms with Gasteiger partial charge >= 0.3 is 0 Å². The van der Waals surface area contributed by atoms with E-state index in [2.05, 4.69) is 41.0 Å². The molecule has 1 heterocycles. The van der Waals surface area contributed by atoms with Gasteiger partial charge in [0.15, 0.2) is 0 Å². The average molecular weight is 274 g/mol. The van der Waals surface area contributed by atoms with Crippen molar-refractivity contribution in [3.63, 3.8) is 0 Å². The normalized spacial score (nSPS) is 16.9. The molecule has 0 radical (unpaired) electrons. The van der Waals surface area contributed by atoms with Gasteiger partial charge in [-0.3, -0.25) is 4.79 Å². The van der Waals surface area contributed by atoms with Crippen molar-refractivity contribution >= 4 is 5.91 Å². The van der Waals surface area contributed by atoms with Crippen LogP contribution >= 0.6 is 0 Å². The summed E-state index contributed by atoms with van der Waals surface area (Å²) in [7, 11) is 0. The Morgan fingerprint density at radius 2 is 1.90 bits per heavy atom. The molecule has 2 rings (SSSR count). The Balaban J connectivity index is 1.71. The number of amides is 1. The van der Waals surface area contributed by atoms with Crippen molar-refractivity contribution in [3.8, 4) is 0 Å². The van der Waals surface area contributed by atoms with Crippen LogP contribution in [-0.2, 0) is 11.2 Å². The summed E-state index contributed by atoms with van der Waals surface area (Å²) in [6.07, 6.45) is 3.75. The Kier molecular flexibility index (Phi) is 6.06. The first-order valence-corrected chi connectivity index (χ1v) is 7.83. The highest BCUT2D eigenvalue weighted by molar-refractivity contribution is 5.76. The molecule has 1 aliphatic rings. The zero-order valence-electron chi connectivity index (χ0n) is 12.6. The third kappa shape index (κ3) is 4.64. The lowest BCUT2D eigenvalue weighted by Gasteiger charge is -2.21. The molecule has 1 amide bonds. The molecule has 3 nitrogen and oxygen atoms in total. The minimum Gasteiger partial charge on any atom is -0.341 e. The topological polar surface area (TPSA) is 23.6 Å². The molecule has 0 aromatic heterocycles. The summed E-state index contributed by atoms with van der Waals surface area (Å²) in [5.41, 5.74) is 1.33. The van der Waals surface area contributed by atoms with Crippen LogP contribution in [0, 0.1) is 0 Å². The summed E-state index contributed by atoms with van der Waals surface area (Å²) in [4.78, 5) is 16.7. The van der Waals surface area contributed by atoms with E-state index < -0.39 is 0 Å². The first-order chi connectivity index (χ1) is 9.79. The molecule has 1 fully saturated rings.